The van der Waals surface area contributed by atoms with E-state index in [1.165, 1.54) is 70.6 Å². The van der Waals surface area contributed by atoms with E-state index in [0.717, 1.165) is 12.8 Å². The van der Waals surface area contributed by atoms with Crippen molar-refractivity contribution < 1.29 is 49.4 Å². The van der Waals surface area contributed by atoms with Crippen LogP contribution in [0.15, 0.2) is 12.2 Å². The number of hydrogen-bond acceptors (Lipinski definition) is 3. The Morgan fingerprint density at radius 3 is 1.52 bits per heavy atom. The maximum Gasteiger partial charge on any atom is 1.00 e. The Bertz CT molecular complexity index is 343. The summed E-state index contributed by atoms with van der Waals surface area (Å²) in [5, 5.41) is 18.0. The summed E-state index contributed by atoms with van der Waals surface area (Å²) < 4.78 is 0. The molecule has 0 rings (SSSR count). The summed E-state index contributed by atoms with van der Waals surface area (Å²) >= 11 is 0. The van der Waals surface area contributed by atoms with Gasteiger partial charge in [0.25, 0.3) is 0 Å². The maximum absolute atomic E-state index is 10.3. The van der Waals surface area contributed by atoms with Crippen molar-refractivity contribution in [1.29, 1.82) is 0 Å². The molecule has 5 heteroatoms. The number of unbranched alkanes of at least 4 members (excludes halogenated alkanes) is 11. The largest absolute Gasteiger partial charge is 1.00 e. The predicted molar refractivity (Wildman–Crippen MR) is 107 cm³/mol. The molecular weight excluding hydrogens is 351 g/mol. The minimum atomic E-state index is -0.961. The van der Waals surface area contributed by atoms with Crippen molar-refractivity contribution in [3.63, 3.8) is 0 Å². The Morgan fingerprint density at radius 2 is 1.15 bits per heavy atom. The Balaban J connectivity index is -0.000000709. The van der Waals surface area contributed by atoms with Gasteiger partial charge in [0.2, 0.25) is 0 Å². The topological polar surface area (TPSA) is 77.4 Å². The number of carboxylic acid groups (broad SMARTS) is 2. The molecule has 0 spiro atoms. The summed E-state index contributed by atoms with van der Waals surface area (Å²) in [6, 6.07) is 0. The van der Waals surface area contributed by atoms with E-state index in [4.69, 9.17) is 5.11 Å². The number of rotatable bonds is 17. The van der Waals surface area contributed by atoms with E-state index in [9.17, 15) is 14.7 Å². The second kappa shape index (κ2) is 27.9. The van der Waals surface area contributed by atoms with Crippen LogP contribution in [0.25, 0.3) is 0 Å². The van der Waals surface area contributed by atoms with Gasteiger partial charge in [-0.3, -0.25) is 4.79 Å². The van der Waals surface area contributed by atoms with Gasteiger partial charge in [-0.2, -0.15) is 0 Å². The minimum absolute atomic E-state index is 0. The fourth-order valence-corrected chi connectivity index (χ4v) is 2.55. The van der Waals surface area contributed by atoms with Crippen LogP contribution in [0.2, 0.25) is 0 Å². The molecule has 0 heterocycles. The van der Waals surface area contributed by atoms with Crippen LogP contribution in [0.3, 0.4) is 0 Å². The molecule has 4 nitrogen and oxygen atoms in total. The molecule has 0 atom stereocenters. The van der Waals surface area contributed by atoms with Crippen LogP contribution in [-0.2, 0) is 9.59 Å². The smallest absolute Gasteiger partial charge is 0.550 e. The van der Waals surface area contributed by atoms with Crippen molar-refractivity contribution >= 4 is 11.9 Å². The molecule has 0 amide bonds. The molecule has 0 radical (unpaired) electrons. The van der Waals surface area contributed by atoms with Gasteiger partial charge < -0.3 is 15.0 Å². The van der Waals surface area contributed by atoms with Crippen LogP contribution in [0.5, 0.6) is 0 Å². The normalized spacial score (nSPS) is 10.1. The van der Waals surface area contributed by atoms with Gasteiger partial charge in [-0.1, -0.05) is 83.8 Å². The molecule has 0 aromatic carbocycles. The first kappa shape index (κ1) is 31.4. The number of carboxylic acids is 2. The molecule has 0 saturated heterocycles. The van der Waals surface area contributed by atoms with E-state index >= 15 is 0 Å². The van der Waals surface area contributed by atoms with E-state index in [-0.39, 0.29) is 36.0 Å². The van der Waals surface area contributed by atoms with E-state index in [2.05, 4.69) is 19.1 Å². The molecule has 0 aromatic heterocycles. The summed E-state index contributed by atoms with van der Waals surface area (Å²) in [5.41, 5.74) is 0. The first-order valence-electron chi connectivity index (χ1n) is 10.6. The van der Waals surface area contributed by atoms with E-state index in [0.29, 0.717) is 12.8 Å². The molecule has 0 aromatic rings. The summed E-state index contributed by atoms with van der Waals surface area (Å²) in [6.07, 6.45) is 22.1. The van der Waals surface area contributed by atoms with Gasteiger partial charge in [-0.15, -0.1) is 0 Å². The number of aliphatic carboxylic acids is 2. The van der Waals surface area contributed by atoms with Crippen LogP contribution in [0, 0.1) is 0 Å². The van der Waals surface area contributed by atoms with Gasteiger partial charge in [-0.25, -0.2) is 0 Å². The molecule has 0 bridgehead atoms. The zero-order valence-electron chi connectivity index (χ0n) is 18.1. The van der Waals surface area contributed by atoms with Crippen LogP contribution >= 0.6 is 0 Å². The summed E-state index contributed by atoms with van der Waals surface area (Å²) in [6.45, 7) is 4.06. The molecule has 0 saturated carbocycles. The van der Waals surface area contributed by atoms with Crippen LogP contribution in [0.4, 0.5) is 0 Å². The zero-order chi connectivity index (χ0) is 19.9. The van der Waals surface area contributed by atoms with E-state index in [1.54, 1.807) is 6.92 Å². The number of allylic oxidation sites excluding steroid dienone is 2. The third kappa shape index (κ3) is 37.2. The molecule has 1 N–H and O–H groups in total. The minimum Gasteiger partial charge on any atom is -0.550 e. The van der Waals surface area contributed by atoms with Gasteiger partial charge in [0.15, 0.2) is 0 Å². The third-order valence-corrected chi connectivity index (χ3v) is 4.11. The monoisotopic (exact) mass is 392 g/mol. The van der Waals surface area contributed by atoms with E-state index in [1.807, 2.05) is 0 Å². The summed E-state index contributed by atoms with van der Waals surface area (Å²) in [7, 11) is 0. The summed E-state index contributed by atoms with van der Waals surface area (Å²) in [4.78, 5) is 19.8. The first-order valence-corrected chi connectivity index (χ1v) is 10.6. The van der Waals surface area contributed by atoms with Gasteiger partial charge >= 0.3 is 35.5 Å². The molecule has 0 aliphatic carbocycles. The molecule has 0 aliphatic rings. The molecule has 0 fully saturated rings. The predicted octanol–water partition coefficient (Wildman–Crippen LogP) is 2.65. The van der Waals surface area contributed by atoms with Crippen molar-refractivity contribution in [3.05, 3.63) is 12.2 Å². The Labute approximate surface area is 189 Å². The van der Waals surface area contributed by atoms with Gasteiger partial charge in [0, 0.05) is 12.4 Å². The quantitative estimate of drug-likeness (QED) is 0.234. The average Bonchev–Trinajstić information content (AvgIpc) is 2.58. The van der Waals surface area contributed by atoms with Crippen LogP contribution < -0.4 is 34.7 Å². The van der Waals surface area contributed by atoms with Crippen molar-refractivity contribution in [2.75, 3.05) is 0 Å². The van der Waals surface area contributed by atoms with Crippen molar-refractivity contribution in [2.24, 2.45) is 0 Å². The molecule has 0 unspecified atom stereocenters. The zero-order valence-corrected chi connectivity index (χ0v) is 20.1. The fraction of sp³-hybridized carbons (Fsp3) is 0.818. The SMILES string of the molecule is CCCC(=O)[O-].CCCCCCCC/C=C\CCCCCCCC(=O)O.[Na+]. The second-order valence-electron chi connectivity index (χ2n) is 6.85. The van der Waals surface area contributed by atoms with Crippen LogP contribution in [-0.4, -0.2) is 17.0 Å². The molecule has 154 valence electrons. The summed E-state index contributed by atoms with van der Waals surface area (Å²) in [5.74, 6) is -1.62. The number of carbonyl (C=O) groups is 2. The molecule has 27 heavy (non-hydrogen) atoms. The molecule has 0 aliphatic heterocycles. The maximum atomic E-state index is 10.3. The van der Waals surface area contributed by atoms with Crippen LogP contribution in [0.1, 0.15) is 117 Å². The Kier molecular flexibility index (Phi) is 32.4. The Morgan fingerprint density at radius 1 is 0.704 bits per heavy atom. The fourth-order valence-electron chi connectivity index (χ4n) is 2.55. The van der Waals surface area contributed by atoms with Gasteiger partial charge in [0.1, 0.15) is 0 Å². The number of carbonyl (C=O) groups excluding carboxylic acids is 1. The number of hydrogen-bond donors (Lipinski definition) is 1. The standard InChI is InChI=1S/C18H34O2.C4H8O2.Na/c1-2-3-4-5-6-7-8-9-10-11-12-13-14-15-16-17-18(19)20;1-2-3-4(5)6;/h9-10H,2-8,11-17H2,1H3,(H,19,20);2-3H2,1H3,(H,5,6);/q;;+1/p-1/b10-9-;;. The third-order valence-electron chi connectivity index (χ3n) is 4.11. The van der Waals surface area contributed by atoms with Crippen molar-refractivity contribution in [3.8, 4) is 0 Å². The van der Waals surface area contributed by atoms with E-state index < -0.39 is 11.9 Å². The van der Waals surface area contributed by atoms with Crippen molar-refractivity contribution in [1.82, 2.24) is 0 Å². The average molecular weight is 393 g/mol. The molecular formula is C22H41NaO4. The second-order valence-corrected chi connectivity index (χ2v) is 6.85. The Hall–Kier alpha value is -0.320. The van der Waals surface area contributed by atoms with Crippen molar-refractivity contribution in [2.45, 2.75) is 117 Å². The van der Waals surface area contributed by atoms with Gasteiger partial charge in [-0.05, 0) is 38.5 Å². The first-order chi connectivity index (χ1) is 12.5. The van der Waals surface area contributed by atoms with Gasteiger partial charge in [0.05, 0.1) is 0 Å².